The number of hydrogen-bond donors (Lipinski definition) is 2. The van der Waals surface area contributed by atoms with Gasteiger partial charge < -0.3 is 15.3 Å². The molecule has 168 valence electrons. The molecule has 0 spiro atoms. The second-order valence-corrected chi connectivity index (χ2v) is 8.91. The van der Waals surface area contributed by atoms with E-state index in [9.17, 15) is 23.1 Å². The minimum absolute atomic E-state index is 0.00106. The van der Waals surface area contributed by atoms with Crippen molar-refractivity contribution < 1.29 is 23.1 Å². The lowest BCUT2D eigenvalue weighted by Gasteiger charge is -2.38. The number of benzene rings is 2. The number of carboxylic acids is 1. The van der Waals surface area contributed by atoms with Crippen LogP contribution in [-0.4, -0.2) is 48.3 Å². The van der Waals surface area contributed by atoms with Gasteiger partial charge in [0.2, 0.25) is 0 Å². The Morgan fingerprint density at radius 1 is 1.06 bits per heavy atom. The molecule has 0 bridgehead atoms. The third kappa shape index (κ3) is 5.79. The monoisotopic (exact) mass is 434 g/mol. The molecule has 1 saturated heterocycles. The summed E-state index contributed by atoms with van der Waals surface area (Å²) >= 11 is 0. The molecule has 2 aromatic rings. The normalized spacial score (nSPS) is 16.3. The van der Waals surface area contributed by atoms with Gasteiger partial charge in [-0.2, -0.15) is 13.2 Å². The Morgan fingerprint density at radius 3 is 2.29 bits per heavy atom. The second-order valence-electron chi connectivity index (χ2n) is 8.91. The largest absolute Gasteiger partial charge is 0.478 e. The summed E-state index contributed by atoms with van der Waals surface area (Å²) in [4.78, 5) is 13.5. The molecule has 2 aromatic carbocycles. The molecule has 0 aromatic heterocycles. The van der Waals surface area contributed by atoms with Crippen LogP contribution in [0.3, 0.4) is 0 Å². The lowest BCUT2D eigenvalue weighted by atomic mass is 9.89. The predicted molar refractivity (Wildman–Crippen MR) is 116 cm³/mol. The number of nitrogens with zero attached hydrogens (tertiary/aromatic N) is 1. The number of carboxylic acid groups (broad SMARTS) is 1. The van der Waals surface area contributed by atoms with Crippen molar-refractivity contribution >= 4 is 11.7 Å². The average molecular weight is 435 g/mol. The first kappa shape index (κ1) is 23.1. The summed E-state index contributed by atoms with van der Waals surface area (Å²) in [5, 5.41) is 12.8. The van der Waals surface area contributed by atoms with E-state index in [1.165, 1.54) is 13.8 Å². The molecule has 0 unspecified atom stereocenters. The number of hydrogen-bond acceptors (Lipinski definition) is 3. The summed E-state index contributed by atoms with van der Waals surface area (Å²) in [5.74, 6) is -0.710. The number of carbonyl (C=O) groups is 1. The minimum Gasteiger partial charge on any atom is -0.478 e. The summed E-state index contributed by atoms with van der Waals surface area (Å²) < 4.78 is 39.4. The van der Waals surface area contributed by atoms with Crippen LogP contribution >= 0.6 is 0 Å². The van der Waals surface area contributed by atoms with E-state index in [0.717, 1.165) is 24.0 Å². The van der Waals surface area contributed by atoms with Crippen molar-refractivity contribution in [3.8, 4) is 11.1 Å². The molecular weight excluding hydrogens is 405 g/mol. The van der Waals surface area contributed by atoms with E-state index >= 15 is 0 Å². The van der Waals surface area contributed by atoms with Crippen molar-refractivity contribution in [3.05, 3.63) is 54.1 Å². The highest BCUT2D eigenvalue weighted by Crippen LogP contribution is 2.38. The third-order valence-corrected chi connectivity index (χ3v) is 6.03. The molecule has 31 heavy (non-hydrogen) atoms. The maximum Gasteiger partial charge on any atom is 0.395 e. The Morgan fingerprint density at radius 2 is 1.71 bits per heavy atom. The Hall–Kier alpha value is -2.54. The Labute approximate surface area is 181 Å². The van der Waals surface area contributed by atoms with Gasteiger partial charge in [-0.05, 0) is 69.0 Å². The van der Waals surface area contributed by atoms with E-state index in [2.05, 4.69) is 5.32 Å². The molecule has 1 aliphatic rings. The number of piperidine rings is 1. The maximum atomic E-state index is 13.1. The molecule has 0 saturated carbocycles. The van der Waals surface area contributed by atoms with E-state index in [1.54, 1.807) is 12.1 Å². The van der Waals surface area contributed by atoms with Crippen molar-refractivity contribution in [2.24, 2.45) is 11.3 Å². The van der Waals surface area contributed by atoms with Gasteiger partial charge in [0.1, 0.15) is 0 Å². The highest BCUT2D eigenvalue weighted by Gasteiger charge is 2.48. The van der Waals surface area contributed by atoms with Gasteiger partial charge in [-0.3, -0.25) is 0 Å². The van der Waals surface area contributed by atoms with Crippen LogP contribution in [0.5, 0.6) is 0 Å². The average Bonchev–Trinajstić information content (AvgIpc) is 2.72. The van der Waals surface area contributed by atoms with Crippen molar-refractivity contribution in [2.75, 3.05) is 31.5 Å². The maximum absolute atomic E-state index is 13.1. The van der Waals surface area contributed by atoms with Gasteiger partial charge in [-0.15, -0.1) is 0 Å². The zero-order valence-electron chi connectivity index (χ0n) is 17.9. The first-order valence-electron chi connectivity index (χ1n) is 10.5. The molecule has 2 N–H and O–H groups in total. The van der Waals surface area contributed by atoms with Crippen LogP contribution in [0.2, 0.25) is 0 Å². The molecule has 0 atom stereocenters. The third-order valence-electron chi connectivity index (χ3n) is 6.03. The zero-order chi connectivity index (χ0) is 22.6. The SMILES string of the molecule is CC(C)(CN1CCC(CNc2cc(-c3ccccc3)ccc2C(=O)O)CC1)C(F)(F)F. The molecule has 1 heterocycles. The van der Waals surface area contributed by atoms with E-state index in [1.807, 2.05) is 41.3 Å². The van der Waals surface area contributed by atoms with Gasteiger partial charge in [0.15, 0.2) is 0 Å². The van der Waals surface area contributed by atoms with Crippen LogP contribution in [0.15, 0.2) is 48.5 Å². The Kier molecular flexibility index (Phi) is 6.94. The van der Waals surface area contributed by atoms with Gasteiger partial charge in [-0.25, -0.2) is 4.79 Å². The molecule has 3 rings (SSSR count). The lowest BCUT2D eigenvalue weighted by Crippen LogP contribution is -2.46. The number of anilines is 1. The summed E-state index contributed by atoms with van der Waals surface area (Å²) in [6.45, 7) is 4.30. The Balaban J connectivity index is 1.61. The number of nitrogens with one attached hydrogen (secondary N) is 1. The van der Waals surface area contributed by atoms with E-state index in [0.29, 0.717) is 25.3 Å². The molecule has 7 heteroatoms. The number of alkyl halides is 3. The first-order chi connectivity index (χ1) is 14.6. The standard InChI is InChI=1S/C24H29F3N2O2/c1-23(2,24(25,26)27)16-29-12-10-17(11-13-29)15-28-21-14-19(8-9-20(21)22(30)31)18-6-4-3-5-7-18/h3-9,14,17,28H,10-13,15-16H2,1-2H3,(H,30,31). The van der Waals surface area contributed by atoms with Gasteiger partial charge in [0.25, 0.3) is 0 Å². The lowest BCUT2D eigenvalue weighted by molar-refractivity contribution is -0.217. The number of rotatable bonds is 7. The fourth-order valence-electron chi connectivity index (χ4n) is 3.94. The second kappa shape index (κ2) is 9.30. The fourth-order valence-corrected chi connectivity index (χ4v) is 3.94. The van der Waals surface area contributed by atoms with Crippen molar-refractivity contribution in [1.82, 2.24) is 4.90 Å². The topological polar surface area (TPSA) is 52.6 Å². The van der Waals surface area contributed by atoms with Gasteiger partial charge in [-0.1, -0.05) is 36.4 Å². The van der Waals surface area contributed by atoms with Crippen LogP contribution in [0.1, 0.15) is 37.0 Å². The summed E-state index contributed by atoms with van der Waals surface area (Å²) in [6.07, 6.45) is -2.66. The van der Waals surface area contributed by atoms with Crippen LogP contribution < -0.4 is 5.32 Å². The predicted octanol–water partition coefficient (Wildman–Crippen LogP) is 5.76. The van der Waals surface area contributed by atoms with Crippen molar-refractivity contribution in [1.29, 1.82) is 0 Å². The molecule has 0 radical (unpaired) electrons. The van der Waals surface area contributed by atoms with Crippen LogP contribution in [0, 0.1) is 11.3 Å². The van der Waals surface area contributed by atoms with Crippen LogP contribution in [0.25, 0.3) is 11.1 Å². The molecule has 0 aliphatic carbocycles. The minimum atomic E-state index is -4.22. The van der Waals surface area contributed by atoms with Crippen molar-refractivity contribution in [2.45, 2.75) is 32.9 Å². The van der Waals surface area contributed by atoms with Gasteiger partial charge >= 0.3 is 12.1 Å². The fraction of sp³-hybridized carbons (Fsp3) is 0.458. The summed E-state index contributed by atoms with van der Waals surface area (Å²) in [7, 11) is 0. The smallest absolute Gasteiger partial charge is 0.395 e. The molecule has 1 aliphatic heterocycles. The number of aromatic carboxylic acids is 1. The molecule has 0 amide bonds. The van der Waals surface area contributed by atoms with E-state index in [-0.39, 0.29) is 18.0 Å². The first-order valence-corrected chi connectivity index (χ1v) is 10.5. The van der Waals surface area contributed by atoms with Crippen LogP contribution in [0.4, 0.5) is 18.9 Å². The summed E-state index contributed by atoms with van der Waals surface area (Å²) in [6, 6.07) is 15.0. The Bertz CT molecular complexity index is 889. The molecular formula is C24H29F3N2O2. The highest BCUT2D eigenvalue weighted by atomic mass is 19.4. The van der Waals surface area contributed by atoms with Gasteiger partial charge in [0.05, 0.1) is 11.0 Å². The molecule has 1 fully saturated rings. The van der Waals surface area contributed by atoms with E-state index in [4.69, 9.17) is 0 Å². The quantitative estimate of drug-likeness (QED) is 0.581. The molecule has 4 nitrogen and oxygen atoms in total. The summed E-state index contributed by atoms with van der Waals surface area (Å²) in [5.41, 5.74) is 0.978. The van der Waals surface area contributed by atoms with Gasteiger partial charge in [0, 0.05) is 18.8 Å². The zero-order valence-corrected chi connectivity index (χ0v) is 17.9. The number of halogens is 3. The highest BCUT2D eigenvalue weighted by molar-refractivity contribution is 5.95. The van der Waals surface area contributed by atoms with Crippen LogP contribution in [-0.2, 0) is 0 Å². The van der Waals surface area contributed by atoms with E-state index < -0.39 is 17.6 Å². The van der Waals surface area contributed by atoms with Crippen molar-refractivity contribution in [3.63, 3.8) is 0 Å². The number of likely N-dealkylation sites (tertiary alicyclic amines) is 1.